The quantitative estimate of drug-likeness (QED) is 0.783. The van der Waals surface area contributed by atoms with E-state index < -0.39 is 35.1 Å². The van der Waals surface area contributed by atoms with Crippen molar-refractivity contribution in [2.45, 2.75) is 46.1 Å². The van der Waals surface area contributed by atoms with E-state index in [1.54, 1.807) is 26.0 Å². The Kier molecular flexibility index (Phi) is 6.54. The molecule has 0 radical (unpaired) electrons. The van der Waals surface area contributed by atoms with Gasteiger partial charge in [0.25, 0.3) is 5.91 Å². The van der Waals surface area contributed by atoms with E-state index in [0.29, 0.717) is 5.69 Å². The number of amides is 2. The molecule has 2 aromatic carbocycles. The van der Waals surface area contributed by atoms with E-state index in [-0.39, 0.29) is 11.3 Å². The Morgan fingerprint density at radius 2 is 1.46 bits per heavy atom. The highest BCUT2D eigenvalue weighted by Crippen LogP contribution is 2.23. The van der Waals surface area contributed by atoms with Gasteiger partial charge in [-0.15, -0.1) is 0 Å². The smallest absolute Gasteiger partial charge is 0.257 e. The van der Waals surface area contributed by atoms with E-state index in [1.165, 1.54) is 6.07 Å². The van der Waals surface area contributed by atoms with Gasteiger partial charge < -0.3 is 10.6 Å². The Bertz CT molecular complexity index is 836. The van der Waals surface area contributed by atoms with Gasteiger partial charge in [0.15, 0.2) is 0 Å². The summed E-state index contributed by atoms with van der Waals surface area (Å²) in [6, 6.07) is 9.64. The van der Waals surface area contributed by atoms with Crippen molar-refractivity contribution in [3.05, 3.63) is 65.2 Å². The maximum Gasteiger partial charge on any atom is 0.257 e. The predicted molar refractivity (Wildman–Crippen MR) is 106 cm³/mol. The zero-order valence-electron chi connectivity index (χ0n) is 16.8. The summed E-state index contributed by atoms with van der Waals surface area (Å²) in [5, 5.41) is 5.19. The van der Waals surface area contributed by atoms with Crippen LogP contribution in [0.5, 0.6) is 0 Å². The van der Waals surface area contributed by atoms with Crippen molar-refractivity contribution < 1.29 is 18.4 Å². The first-order valence-electron chi connectivity index (χ1n) is 9.17. The number of hydrogen-bond donors (Lipinski definition) is 2. The molecule has 0 aliphatic carbocycles. The van der Waals surface area contributed by atoms with Crippen LogP contribution in [0.3, 0.4) is 0 Å². The van der Waals surface area contributed by atoms with Crippen LogP contribution in [0.15, 0.2) is 42.5 Å². The SMILES string of the molecule is CC(C)C(NC(=O)c1c(F)cccc1F)C(=O)Nc1ccc(C(C)(C)C)cc1. The zero-order chi connectivity index (χ0) is 21.1. The standard InChI is InChI=1S/C22H26F2N2O2/c1-13(2)19(26-20(27)18-16(23)7-6-8-17(18)24)21(28)25-15-11-9-14(10-12-15)22(3,4)5/h6-13,19H,1-5H3,(H,25,28)(H,26,27). The van der Waals surface area contributed by atoms with Crippen molar-refractivity contribution >= 4 is 17.5 Å². The van der Waals surface area contributed by atoms with Crippen molar-refractivity contribution in [2.24, 2.45) is 5.92 Å². The summed E-state index contributed by atoms with van der Waals surface area (Å²) < 4.78 is 27.7. The normalized spacial score (nSPS) is 12.6. The molecule has 0 heterocycles. The van der Waals surface area contributed by atoms with Crippen LogP contribution in [0.2, 0.25) is 0 Å². The minimum absolute atomic E-state index is 0.0131. The molecule has 1 unspecified atom stereocenters. The molecule has 0 aromatic heterocycles. The Labute approximate surface area is 164 Å². The number of hydrogen-bond acceptors (Lipinski definition) is 2. The van der Waals surface area contributed by atoms with Gasteiger partial charge in [0, 0.05) is 5.69 Å². The molecule has 0 spiro atoms. The molecule has 2 N–H and O–H groups in total. The van der Waals surface area contributed by atoms with Crippen LogP contribution in [0.25, 0.3) is 0 Å². The van der Waals surface area contributed by atoms with Crippen molar-refractivity contribution in [1.82, 2.24) is 5.32 Å². The fraction of sp³-hybridized carbons (Fsp3) is 0.364. The van der Waals surface area contributed by atoms with Crippen molar-refractivity contribution in [2.75, 3.05) is 5.32 Å². The lowest BCUT2D eigenvalue weighted by Gasteiger charge is -2.23. The van der Waals surface area contributed by atoms with Crippen LogP contribution in [-0.2, 0) is 10.2 Å². The van der Waals surface area contributed by atoms with E-state index in [0.717, 1.165) is 17.7 Å². The molecule has 2 aromatic rings. The van der Waals surface area contributed by atoms with E-state index in [4.69, 9.17) is 0 Å². The van der Waals surface area contributed by atoms with Crippen molar-refractivity contribution in [1.29, 1.82) is 0 Å². The third-order valence-corrected chi connectivity index (χ3v) is 4.44. The number of benzene rings is 2. The highest BCUT2D eigenvalue weighted by Gasteiger charge is 2.27. The summed E-state index contributed by atoms with van der Waals surface area (Å²) in [6.07, 6.45) is 0. The van der Waals surface area contributed by atoms with E-state index >= 15 is 0 Å². The Morgan fingerprint density at radius 3 is 1.93 bits per heavy atom. The minimum atomic E-state index is -0.974. The van der Waals surface area contributed by atoms with Gasteiger partial charge in [0.1, 0.15) is 23.2 Å². The lowest BCUT2D eigenvalue weighted by atomic mass is 9.87. The number of nitrogens with one attached hydrogen (secondary N) is 2. The number of carbonyl (C=O) groups is 2. The molecule has 6 heteroatoms. The number of carbonyl (C=O) groups excluding carboxylic acids is 2. The summed E-state index contributed by atoms with van der Waals surface area (Å²) in [5.41, 5.74) is 0.987. The van der Waals surface area contributed by atoms with Gasteiger partial charge in [0.05, 0.1) is 0 Å². The largest absolute Gasteiger partial charge is 0.340 e. The molecule has 1 atom stereocenters. The van der Waals surface area contributed by atoms with E-state index in [9.17, 15) is 18.4 Å². The summed E-state index contributed by atoms with van der Waals surface area (Å²) in [4.78, 5) is 25.0. The average molecular weight is 388 g/mol. The number of rotatable bonds is 5. The van der Waals surface area contributed by atoms with Crippen LogP contribution in [-0.4, -0.2) is 17.9 Å². The molecule has 2 rings (SSSR count). The van der Waals surface area contributed by atoms with Crippen molar-refractivity contribution in [3.8, 4) is 0 Å². The van der Waals surface area contributed by atoms with Gasteiger partial charge in [-0.3, -0.25) is 9.59 Å². The molecule has 0 aliphatic heterocycles. The number of halogens is 2. The Hall–Kier alpha value is -2.76. The topological polar surface area (TPSA) is 58.2 Å². The first kappa shape index (κ1) is 21.5. The van der Waals surface area contributed by atoms with Gasteiger partial charge in [-0.1, -0.05) is 52.8 Å². The fourth-order valence-corrected chi connectivity index (χ4v) is 2.74. The maximum atomic E-state index is 13.8. The monoisotopic (exact) mass is 388 g/mol. The van der Waals surface area contributed by atoms with Gasteiger partial charge >= 0.3 is 0 Å². The summed E-state index contributed by atoms with van der Waals surface area (Å²) >= 11 is 0. The van der Waals surface area contributed by atoms with Crippen LogP contribution in [0.4, 0.5) is 14.5 Å². The van der Waals surface area contributed by atoms with Gasteiger partial charge in [-0.05, 0) is 41.2 Å². The second kappa shape index (κ2) is 8.50. The number of anilines is 1. The predicted octanol–water partition coefficient (Wildman–Crippen LogP) is 4.66. The molecule has 4 nitrogen and oxygen atoms in total. The second-order valence-electron chi connectivity index (χ2n) is 8.11. The third-order valence-electron chi connectivity index (χ3n) is 4.44. The molecular weight excluding hydrogens is 362 g/mol. The van der Waals surface area contributed by atoms with Crippen molar-refractivity contribution in [3.63, 3.8) is 0 Å². The third kappa shape index (κ3) is 5.15. The lowest BCUT2D eigenvalue weighted by molar-refractivity contribution is -0.118. The minimum Gasteiger partial charge on any atom is -0.340 e. The molecule has 0 bridgehead atoms. The molecule has 2 amide bonds. The Balaban J connectivity index is 2.15. The van der Waals surface area contributed by atoms with Crippen LogP contribution in [0.1, 0.15) is 50.5 Å². The Morgan fingerprint density at radius 1 is 0.929 bits per heavy atom. The highest BCUT2D eigenvalue weighted by molar-refractivity contribution is 6.01. The zero-order valence-corrected chi connectivity index (χ0v) is 16.8. The summed E-state index contributed by atoms with van der Waals surface area (Å²) in [7, 11) is 0. The molecule has 0 fully saturated rings. The molecule has 0 saturated carbocycles. The molecule has 28 heavy (non-hydrogen) atoms. The summed E-state index contributed by atoms with van der Waals surface area (Å²) in [5.74, 6) is -3.65. The van der Waals surface area contributed by atoms with E-state index in [2.05, 4.69) is 31.4 Å². The fourth-order valence-electron chi connectivity index (χ4n) is 2.74. The molecular formula is C22H26F2N2O2. The highest BCUT2D eigenvalue weighted by atomic mass is 19.1. The first-order valence-corrected chi connectivity index (χ1v) is 9.17. The van der Waals surface area contributed by atoms with Crippen LogP contribution < -0.4 is 10.6 Å². The van der Waals surface area contributed by atoms with E-state index in [1.807, 2.05) is 12.1 Å². The van der Waals surface area contributed by atoms with Gasteiger partial charge in [-0.2, -0.15) is 0 Å². The second-order valence-corrected chi connectivity index (χ2v) is 8.11. The first-order chi connectivity index (χ1) is 13.0. The van der Waals surface area contributed by atoms with Crippen LogP contribution >= 0.6 is 0 Å². The molecule has 0 aliphatic rings. The van der Waals surface area contributed by atoms with Gasteiger partial charge in [-0.25, -0.2) is 8.78 Å². The van der Waals surface area contributed by atoms with Gasteiger partial charge in [0.2, 0.25) is 5.91 Å². The summed E-state index contributed by atoms with van der Waals surface area (Å²) in [6.45, 7) is 9.75. The molecule has 0 saturated heterocycles. The lowest BCUT2D eigenvalue weighted by Crippen LogP contribution is -2.47. The molecule has 150 valence electrons. The van der Waals surface area contributed by atoms with Crippen LogP contribution in [0, 0.1) is 17.6 Å². The maximum absolute atomic E-state index is 13.8. The average Bonchev–Trinajstić information content (AvgIpc) is 2.58.